The Hall–Kier alpha value is -0.760. The molecule has 0 radical (unpaired) electrons. The van der Waals surface area contributed by atoms with Crippen molar-refractivity contribution >= 4 is 45.0 Å². The van der Waals surface area contributed by atoms with Crippen LogP contribution in [0.3, 0.4) is 0 Å². The Balaban J connectivity index is 1.81. The highest BCUT2D eigenvalue weighted by atomic mass is 35.5. The molecule has 1 heterocycles. The van der Waals surface area contributed by atoms with Crippen LogP contribution in [0, 0.1) is 6.92 Å². The number of sulfonamides is 1. The number of hydrogen-bond acceptors (Lipinski definition) is 4. The van der Waals surface area contributed by atoms with Gasteiger partial charge in [0, 0.05) is 34.4 Å². The van der Waals surface area contributed by atoms with Crippen molar-refractivity contribution in [1.29, 1.82) is 0 Å². The maximum atomic E-state index is 12.9. The summed E-state index contributed by atoms with van der Waals surface area (Å²) in [7, 11) is -3.75. The summed E-state index contributed by atoms with van der Waals surface area (Å²) < 4.78 is 33.7. The standard InChI is InChI=1S/C19H21Cl2NO3S2/c1-14-11-18(17(21)12-16(14)20)27(23,24)22-13-19(7-9-25-10-8-19)26-15-5-3-2-4-6-15/h2-6,11-12,22H,7-10,13H2,1H3. The van der Waals surface area contributed by atoms with E-state index in [-0.39, 0.29) is 14.7 Å². The predicted molar refractivity (Wildman–Crippen MR) is 111 cm³/mol. The number of rotatable bonds is 6. The van der Waals surface area contributed by atoms with Gasteiger partial charge in [-0.15, -0.1) is 11.8 Å². The summed E-state index contributed by atoms with van der Waals surface area (Å²) in [6, 6.07) is 13.0. The monoisotopic (exact) mass is 445 g/mol. The quantitative estimate of drug-likeness (QED) is 0.684. The number of benzene rings is 2. The summed E-state index contributed by atoms with van der Waals surface area (Å²) in [5.41, 5.74) is 0.667. The molecule has 4 nitrogen and oxygen atoms in total. The van der Waals surface area contributed by atoms with E-state index in [0.29, 0.717) is 30.3 Å². The molecule has 0 saturated carbocycles. The molecule has 0 aromatic heterocycles. The molecule has 2 aromatic rings. The average Bonchev–Trinajstić information content (AvgIpc) is 2.65. The fraction of sp³-hybridized carbons (Fsp3) is 0.368. The summed E-state index contributed by atoms with van der Waals surface area (Å²) >= 11 is 13.9. The molecular formula is C19H21Cl2NO3S2. The van der Waals surface area contributed by atoms with E-state index in [2.05, 4.69) is 4.72 Å². The number of ether oxygens (including phenoxy) is 1. The highest BCUT2D eigenvalue weighted by Crippen LogP contribution is 2.40. The van der Waals surface area contributed by atoms with Gasteiger partial charge in [0.25, 0.3) is 0 Å². The molecule has 146 valence electrons. The molecule has 0 aliphatic carbocycles. The van der Waals surface area contributed by atoms with Crippen molar-refractivity contribution in [3.05, 3.63) is 58.1 Å². The Morgan fingerprint density at radius 1 is 1.11 bits per heavy atom. The van der Waals surface area contributed by atoms with Crippen molar-refractivity contribution in [2.24, 2.45) is 0 Å². The maximum Gasteiger partial charge on any atom is 0.242 e. The summed E-state index contributed by atoms with van der Waals surface area (Å²) in [4.78, 5) is 1.16. The van der Waals surface area contributed by atoms with Gasteiger partial charge >= 0.3 is 0 Å². The summed E-state index contributed by atoms with van der Waals surface area (Å²) in [5.74, 6) is 0. The molecule has 1 saturated heterocycles. The van der Waals surface area contributed by atoms with Gasteiger partial charge < -0.3 is 4.74 Å². The normalized spacial score (nSPS) is 17.0. The predicted octanol–water partition coefficient (Wildman–Crippen LogP) is 4.92. The third-order valence-electron chi connectivity index (χ3n) is 4.57. The Labute approximate surface area is 174 Å². The third-order valence-corrected chi connectivity index (χ3v) is 8.34. The second-order valence-electron chi connectivity index (χ2n) is 6.57. The second-order valence-corrected chi connectivity index (χ2v) is 10.7. The first-order valence-electron chi connectivity index (χ1n) is 8.58. The van der Waals surface area contributed by atoms with Crippen molar-refractivity contribution in [3.8, 4) is 0 Å². The minimum atomic E-state index is -3.75. The van der Waals surface area contributed by atoms with Crippen LogP contribution < -0.4 is 4.72 Å². The average molecular weight is 446 g/mol. The Bertz CT molecular complexity index is 899. The van der Waals surface area contributed by atoms with Crippen LogP contribution >= 0.6 is 35.0 Å². The SMILES string of the molecule is Cc1cc(S(=O)(=O)NCC2(Sc3ccccc3)CCOCC2)c(Cl)cc1Cl. The molecule has 3 rings (SSSR count). The van der Waals surface area contributed by atoms with Gasteiger partial charge in [-0.1, -0.05) is 41.4 Å². The van der Waals surface area contributed by atoms with Gasteiger partial charge in [0.05, 0.1) is 5.02 Å². The first kappa shape index (κ1) is 21.0. The van der Waals surface area contributed by atoms with Crippen LogP contribution in [0.25, 0.3) is 0 Å². The van der Waals surface area contributed by atoms with Crippen molar-refractivity contribution < 1.29 is 13.2 Å². The molecule has 1 N–H and O–H groups in total. The molecule has 0 amide bonds. The van der Waals surface area contributed by atoms with Gasteiger partial charge in [-0.25, -0.2) is 13.1 Å². The first-order valence-corrected chi connectivity index (χ1v) is 11.6. The molecule has 2 aromatic carbocycles. The lowest BCUT2D eigenvalue weighted by atomic mass is 9.99. The van der Waals surface area contributed by atoms with Crippen LogP contribution in [-0.4, -0.2) is 32.9 Å². The van der Waals surface area contributed by atoms with Crippen molar-refractivity contribution in [2.75, 3.05) is 19.8 Å². The fourth-order valence-corrected chi connectivity index (χ4v) is 6.29. The first-order chi connectivity index (χ1) is 12.8. The fourth-order valence-electron chi connectivity index (χ4n) is 2.94. The zero-order valence-corrected chi connectivity index (χ0v) is 18.0. The molecule has 0 atom stereocenters. The Morgan fingerprint density at radius 3 is 2.44 bits per heavy atom. The highest BCUT2D eigenvalue weighted by Gasteiger charge is 2.35. The zero-order chi connectivity index (χ0) is 19.5. The Morgan fingerprint density at radius 2 is 1.78 bits per heavy atom. The van der Waals surface area contributed by atoms with Gasteiger partial charge in [0.15, 0.2) is 0 Å². The van der Waals surface area contributed by atoms with Crippen LogP contribution in [0.1, 0.15) is 18.4 Å². The van der Waals surface area contributed by atoms with Crippen LogP contribution in [-0.2, 0) is 14.8 Å². The molecule has 8 heteroatoms. The highest BCUT2D eigenvalue weighted by molar-refractivity contribution is 8.00. The topological polar surface area (TPSA) is 55.4 Å². The van der Waals surface area contributed by atoms with E-state index in [9.17, 15) is 8.42 Å². The minimum Gasteiger partial charge on any atom is -0.381 e. The van der Waals surface area contributed by atoms with Crippen molar-refractivity contribution in [3.63, 3.8) is 0 Å². The molecule has 0 spiro atoms. The van der Waals surface area contributed by atoms with Gasteiger partial charge in [-0.2, -0.15) is 0 Å². The van der Waals surface area contributed by atoms with E-state index in [0.717, 1.165) is 17.7 Å². The molecule has 1 aliphatic heterocycles. The molecular weight excluding hydrogens is 425 g/mol. The maximum absolute atomic E-state index is 12.9. The van der Waals surface area contributed by atoms with Crippen LogP contribution in [0.5, 0.6) is 0 Å². The van der Waals surface area contributed by atoms with Crippen LogP contribution in [0.4, 0.5) is 0 Å². The number of hydrogen-bond donors (Lipinski definition) is 1. The van der Waals surface area contributed by atoms with E-state index in [1.54, 1.807) is 18.7 Å². The summed E-state index contributed by atoms with van der Waals surface area (Å²) in [5, 5.41) is 0.564. The number of aryl methyl sites for hydroxylation is 1. The zero-order valence-electron chi connectivity index (χ0n) is 14.9. The van der Waals surface area contributed by atoms with Gasteiger partial charge in [-0.05, 0) is 49.6 Å². The van der Waals surface area contributed by atoms with Crippen molar-refractivity contribution in [2.45, 2.75) is 34.3 Å². The van der Waals surface area contributed by atoms with E-state index >= 15 is 0 Å². The van der Waals surface area contributed by atoms with Gasteiger partial charge in [0.2, 0.25) is 10.0 Å². The van der Waals surface area contributed by atoms with Crippen LogP contribution in [0.2, 0.25) is 10.0 Å². The molecule has 0 bridgehead atoms. The molecule has 1 aliphatic rings. The lowest BCUT2D eigenvalue weighted by molar-refractivity contribution is 0.0784. The van der Waals surface area contributed by atoms with Crippen LogP contribution in [0.15, 0.2) is 52.3 Å². The summed E-state index contributed by atoms with van der Waals surface area (Å²) in [6.07, 6.45) is 1.53. The molecule has 27 heavy (non-hydrogen) atoms. The van der Waals surface area contributed by atoms with E-state index in [4.69, 9.17) is 27.9 Å². The third kappa shape index (κ3) is 5.19. The van der Waals surface area contributed by atoms with E-state index in [1.165, 1.54) is 12.1 Å². The van der Waals surface area contributed by atoms with Crippen molar-refractivity contribution in [1.82, 2.24) is 4.72 Å². The molecule has 1 fully saturated rings. The van der Waals surface area contributed by atoms with E-state index in [1.807, 2.05) is 30.3 Å². The lowest BCUT2D eigenvalue weighted by Gasteiger charge is -2.36. The smallest absolute Gasteiger partial charge is 0.242 e. The summed E-state index contributed by atoms with van der Waals surface area (Å²) in [6.45, 7) is 3.28. The Kier molecular flexibility index (Phi) is 6.77. The second kappa shape index (κ2) is 8.72. The number of nitrogens with one attached hydrogen (secondary N) is 1. The number of thioether (sulfide) groups is 1. The lowest BCUT2D eigenvalue weighted by Crippen LogP contribution is -2.44. The molecule has 0 unspecified atom stereocenters. The van der Waals surface area contributed by atoms with Gasteiger partial charge in [0.1, 0.15) is 4.90 Å². The van der Waals surface area contributed by atoms with Gasteiger partial charge in [-0.3, -0.25) is 0 Å². The number of halogens is 2. The minimum absolute atomic E-state index is 0.0537. The largest absolute Gasteiger partial charge is 0.381 e. The van der Waals surface area contributed by atoms with E-state index < -0.39 is 10.0 Å².